The number of nitrogens with one attached hydrogen (secondary N) is 1. The van der Waals surface area contributed by atoms with E-state index in [1.807, 2.05) is 0 Å². The number of furan rings is 1. The van der Waals surface area contributed by atoms with E-state index >= 15 is 0 Å². The van der Waals surface area contributed by atoms with Gasteiger partial charge in [-0.25, -0.2) is 14.0 Å². The van der Waals surface area contributed by atoms with Crippen molar-refractivity contribution in [3.8, 4) is 0 Å². The average Bonchev–Trinajstić information content (AvgIpc) is 3.03. The fourth-order valence-electron chi connectivity index (χ4n) is 2.00. The first-order valence-corrected chi connectivity index (χ1v) is 6.87. The summed E-state index contributed by atoms with van der Waals surface area (Å²) in [6.45, 7) is 0. The van der Waals surface area contributed by atoms with Gasteiger partial charge >= 0.3 is 11.9 Å². The third-order valence-corrected chi connectivity index (χ3v) is 3.15. The standard InChI is InChI=1S/C16H14FNO6/c1-23-16(22)13-6-5-12(24-13)14(19)18-11(15(20)21)8-9-3-2-4-10(17)7-9/h2-7,11H,8H2,1H3,(H,18,19)(H,20,21). The van der Waals surface area contributed by atoms with Crippen molar-refractivity contribution in [2.24, 2.45) is 0 Å². The Morgan fingerprint density at radius 2 is 1.96 bits per heavy atom. The van der Waals surface area contributed by atoms with E-state index in [2.05, 4.69) is 10.1 Å². The van der Waals surface area contributed by atoms with Gasteiger partial charge in [0.05, 0.1) is 7.11 Å². The normalized spacial score (nSPS) is 11.6. The molecule has 0 saturated heterocycles. The van der Waals surface area contributed by atoms with Crippen molar-refractivity contribution < 1.29 is 33.0 Å². The van der Waals surface area contributed by atoms with Crippen LogP contribution in [0.3, 0.4) is 0 Å². The van der Waals surface area contributed by atoms with Gasteiger partial charge in [0.2, 0.25) is 5.76 Å². The molecule has 8 heteroatoms. The Morgan fingerprint density at radius 1 is 1.25 bits per heavy atom. The van der Waals surface area contributed by atoms with Crippen molar-refractivity contribution in [2.45, 2.75) is 12.5 Å². The first-order valence-electron chi connectivity index (χ1n) is 6.87. The first kappa shape index (κ1) is 17.2. The number of ether oxygens (including phenoxy) is 1. The summed E-state index contributed by atoms with van der Waals surface area (Å²) >= 11 is 0. The number of aliphatic carboxylic acids is 1. The second kappa shape index (κ2) is 7.40. The van der Waals surface area contributed by atoms with Crippen LogP contribution in [-0.2, 0) is 16.0 Å². The smallest absolute Gasteiger partial charge is 0.373 e. The summed E-state index contributed by atoms with van der Waals surface area (Å²) < 4.78 is 22.6. The molecule has 1 unspecified atom stereocenters. The van der Waals surface area contributed by atoms with Crippen molar-refractivity contribution in [1.29, 1.82) is 0 Å². The maximum atomic E-state index is 13.2. The minimum Gasteiger partial charge on any atom is -0.480 e. The summed E-state index contributed by atoms with van der Waals surface area (Å²) in [7, 11) is 1.16. The van der Waals surface area contributed by atoms with E-state index in [1.54, 1.807) is 6.07 Å². The molecule has 2 rings (SSSR count). The summed E-state index contributed by atoms with van der Waals surface area (Å²) in [5.74, 6) is -3.78. The Morgan fingerprint density at radius 3 is 2.58 bits per heavy atom. The number of carboxylic acids is 1. The number of esters is 1. The van der Waals surface area contributed by atoms with Gasteiger partial charge in [-0.3, -0.25) is 4.79 Å². The third-order valence-electron chi connectivity index (χ3n) is 3.15. The SMILES string of the molecule is COC(=O)c1ccc(C(=O)NC(Cc2cccc(F)c2)C(=O)O)o1. The molecule has 0 aliphatic heterocycles. The lowest BCUT2D eigenvalue weighted by molar-refractivity contribution is -0.139. The van der Waals surface area contributed by atoms with E-state index < -0.39 is 29.7 Å². The maximum Gasteiger partial charge on any atom is 0.373 e. The summed E-state index contributed by atoms with van der Waals surface area (Å²) in [5.41, 5.74) is 0.414. The van der Waals surface area contributed by atoms with Crippen LogP contribution in [0.2, 0.25) is 0 Å². The molecule has 1 aromatic heterocycles. The van der Waals surface area contributed by atoms with Gasteiger partial charge in [0, 0.05) is 6.42 Å². The quantitative estimate of drug-likeness (QED) is 0.777. The number of rotatable bonds is 6. The monoisotopic (exact) mass is 335 g/mol. The number of benzene rings is 1. The van der Waals surface area contributed by atoms with Crippen LogP contribution in [0.25, 0.3) is 0 Å². The summed E-state index contributed by atoms with van der Waals surface area (Å²) in [6, 6.07) is 6.59. The number of carbonyl (C=O) groups excluding carboxylic acids is 2. The van der Waals surface area contributed by atoms with Gasteiger partial charge in [-0.05, 0) is 29.8 Å². The Labute approximate surface area is 136 Å². The molecule has 1 atom stereocenters. The van der Waals surface area contributed by atoms with Crippen LogP contribution in [0.1, 0.15) is 26.7 Å². The molecule has 2 N–H and O–H groups in total. The lowest BCUT2D eigenvalue weighted by Crippen LogP contribution is -2.42. The van der Waals surface area contributed by atoms with Crippen molar-refractivity contribution >= 4 is 17.8 Å². The number of carbonyl (C=O) groups is 3. The zero-order valence-electron chi connectivity index (χ0n) is 12.6. The molecular formula is C16H14FNO6. The molecule has 0 aliphatic rings. The molecule has 1 heterocycles. The molecular weight excluding hydrogens is 321 g/mol. The molecule has 0 spiro atoms. The van der Waals surface area contributed by atoms with E-state index in [4.69, 9.17) is 4.42 Å². The minimum absolute atomic E-state index is 0.108. The van der Waals surface area contributed by atoms with Crippen molar-refractivity contribution in [3.63, 3.8) is 0 Å². The Kier molecular flexibility index (Phi) is 5.31. The Bertz CT molecular complexity index is 769. The Balaban J connectivity index is 2.09. The van der Waals surface area contributed by atoms with Gasteiger partial charge in [0.15, 0.2) is 5.76 Å². The predicted molar refractivity (Wildman–Crippen MR) is 79.0 cm³/mol. The van der Waals surface area contributed by atoms with Crippen LogP contribution < -0.4 is 5.32 Å². The summed E-state index contributed by atoms with van der Waals surface area (Å²) in [6.07, 6.45) is -0.108. The van der Waals surface area contributed by atoms with Gasteiger partial charge in [-0.1, -0.05) is 12.1 Å². The van der Waals surface area contributed by atoms with E-state index in [1.165, 1.54) is 30.3 Å². The molecule has 0 bridgehead atoms. The third kappa shape index (κ3) is 4.19. The molecule has 0 aliphatic carbocycles. The molecule has 126 valence electrons. The van der Waals surface area contributed by atoms with Crippen LogP contribution in [0.15, 0.2) is 40.8 Å². The first-order chi connectivity index (χ1) is 11.4. The zero-order chi connectivity index (χ0) is 17.7. The van der Waals surface area contributed by atoms with Gasteiger partial charge < -0.3 is 19.6 Å². The average molecular weight is 335 g/mol. The van der Waals surface area contributed by atoms with Gasteiger partial charge in [-0.2, -0.15) is 0 Å². The number of carboxylic acid groups (broad SMARTS) is 1. The molecule has 24 heavy (non-hydrogen) atoms. The zero-order valence-corrected chi connectivity index (χ0v) is 12.6. The van der Waals surface area contributed by atoms with Crippen LogP contribution >= 0.6 is 0 Å². The second-order valence-electron chi connectivity index (χ2n) is 4.85. The number of hydrogen-bond donors (Lipinski definition) is 2. The number of hydrogen-bond acceptors (Lipinski definition) is 5. The molecule has 1 aromatic carbocycles. The van der Waals surface area contributed by atoms with Gasteiger partial charge in [0.1, 0.15) is 11.9 Å². The highest BCUT2D eigenvalue weighted by molar-refractivity contribution is 5.96. The van der Waals surface area contributed by atoms with E-state index in [0.29, 0.717) is 5.56 Å². The van der Waals surface area contributed by atoms with Crippen LogP contribution in [0.4, 0.5) is 4.39 Å². The van der Waals surface area contributed by atoms with E-state index in [0.717, 1.165) is 7.11 Å². The summed E-state index contributed by atoms with van der Waals surface area (Å²) in [4.78, 5) is 34.6. The highest BCUT2D eigenvalue weighted by Crippen LogP contribution is 2.11. The van der Waals surface area contributed by atoms with E-state index in [-0.39, 0.29) is 17.9 Å². The fourth-order valence-corrected chi connectivity index (χ4v) is 2.00. The summed E-state index contributed by atoms with van der Waals surface area (Å²) in [5, 5.41) is 11.5. The van der Waals surface area contributed by atoms with Gasteiger partial charge in [-0.15, -0.1) is 0 Å². The van der Waals surface area contributed by atoms with Crippen LogP contribution in [0.5, 0.6) is 0 Å². The van der Waals surface area contributed by atoms with Crippen LogP contribution in [-0.4, -0.2) is 36.1 Å². The van der Waals surface area contributed by atoms with Gasteiger partial charge in [0.25, 0.3) is 5.91 Å². The molecule has 0 saturated carbocycles. The Hall–Kier alpha value is -3.16. The molecule has 0 fully saturated rings. The lowest BCUT2D eigenvalue weighted by atomic mass is 10.1. The molecule has 7 nitrogen and oxygen atoms in total. The maximum absolute atomic E-state index is 13.2. The molecule has 0 radical (unpaired) electrons. The highest BCUT2D eigenvalue weighted by Gasteiger charge is 2.24. The minimum atomic E-state index is -1.29. The van der Waals surface area contributed by atoms with Crippen molar-refractivity contribution in [3.05, 3.63) is 59.3 Å². The number of amides is 1. The predicted octanol–water partition coefficient (Wildman–Crippen LogP) is 1.63. The number of halogens is 1. The topological polar surface area (TPSA) is 106 Å². The molecule has 2 aromatic rings. The second-order valence-corrected chi connectivity index (χ2v) is 4.85. The van der Waals surface area contributed by atoms with Crippen molar-refractivity contribution in [2.75, 3.05) is 7.11 Å². The van der Waals surface area contributed by atoms with Crippen molar-refractivity contribution in [1.82, 2.24) is 5.32 Å². The van der Waals surface area contributed by atoms with Crippen LogP contribution in [0, 0.1) is 5.82 Å². The fraction of sp³-hybridized carbons (Fsp3) is 0.188. The van der Waals surface area contributed by atoms with E-state index in [9.17, 15) is 23.9 Å². The molecule has 1 amide bonds. The highest BCUT2D eigenvalue weighted by atomic mass is 19.1. The lowest BCUT2D eigenvalue weighted by Gasteiger charge is -2.13. The number of methoxy groups -OCH3 is 1. The largest absolute Gasteiger partial charge is 0.480 e.